The number of nitrogens with zero attached hydrogens (tertiary/aromatic N) is 3. The molecule has 0 radical (unpaired) electrons. The van der Waals surface area contributed by atoms with Gasteiger partial charge in [0.05, 0.1) is 37.8 Å². The van der Waals surface area contributed by atoms with Gasteiger partial charge in [-0.3, -0.25) is 4.98 Å². The maximum Gasteiger partial charge on any atom is 0.410 e. The second kappa shape index (κ2) is 9.19. The van der Waals surface area contributed by atoms with Crippen LogP contribution in [0.25, 0.3) is 11.3 Å². The maximum atomic E-state index is 12.0. The van der Waals surface area contributed by atoms with Crippen LogP contribution in [0, 0.1) is 0 Å². The lowest BCUT2D eigenvalue weighted by atomic mass is 10.1. The second-order valence-corrected chi connectivity index (χ2v) is 7.69. The number of hydrogen-bond donors (Lipinski definition) is 0. The van der Waals surface area contributed by atoms with Crippen LogP contribution >= 0.6 is 0 Å². The Labute approximate surface area is 170 Å². The fraction of sp³-hybridized carbons (Fsp3) is 0.476. The summed E-state index contributed by atoms with van der Waals surface area (Å²) >= 11 is 0. The lowest BCUT2D eigenvalue weighted by Gasteiger charge is -2.24. The minimum Gasteiger partial charge on any atom is -0.475 e. The summed E-state index contributed by atoms with van der Waals surface area (Å²) in [6.07, 6.45) is 2.49. The van der Waals surface area contributed by atoms with Gasteiger partial charge in [0.2, 0.25) is 5.88 Å². The predicted octanol–water partition coefficient (Wildman–Crippen LogP) is 3.43. The fourth-order valence-electron chi connectivity index (χ4n) is 2.67. The highest BCUT2D eigenvalue weighted by Crippen LogP contribution is 2.27. The van der Waals surface area contributed by atoms with Crippen LogP contribution in [0.3, 0.4) is 0 Å². The summed E-state index contributed by atoms with van der Waals surface area (Å²) in [5.41, 5.74) is 1.98. The molecule has 1 aromatic heterocycles. The van der Waals surface area contributed by atoms with Crippen LogP contribution in [0.5, 0.6) is 5.88 Å². The largest absolute Gasteiger partial charge is 0.475 e. The van der Waals surface area contributed by atoms with Crippen LogP contribution in [0.2, 0.25) is 0 Å². The van der Waals surface area contributed by atoms with Gasteiger partial charge in [0, 0.05) is 18.2 Å². The first kappa shape index (κ1) is 21.0. The molecule has 1 aliphatic rings. The molecule has 0 aliphatic carbocycles. The molecule has 2 heterocycles. The van der Waals surface area contributed by atoms with E-state index in [-0.39, 0.29) is 12.9 Å². The zero-order valence-corrected chi connectivity index (χ0v) is 17.3. The van der Waals surface area contributed by atoms with Crippen LogP contribution in [0.1, 0.15) is 32.6 Å². The Kier molecular flexibility index (Phi) is 6.66. The van der Waals surface area contributed by atoms with Gasteiger partial charge in [-0.2, -0.15) is 0 Å². The van der Waals surface area contributed by atoms with Crippen LogP contribution in [0.15, 0.2) is 36.7 Å². The van der Waals surface area contributed by atoms with E-state index < -0.39 is 11.7 Å². The molecule has 3 rings (SSSR count). The summed E-state index contributed by atoms with van der Waals surface area (Å²) in [4.78, 5) is 22.2. The first-order valence-electron chi connectivity index (χ1n) is 9.54. The topological polar surface area (TPSA) is 83.0 Å². The molecule has 0 bridgehead atoms. The number of likely N-dealkylation sites (N-methyl/N-ethyl adjacent to an activating group) is 1. The molecule has 29 heavy (non-hydrogen) atoms. The summed E-state index contributed by atoms with van der Waals surface area (Å²) in [5, 5.41) is 0. The molecule has 0 N–H and O–H groups in total. The van der Waals surface area contributed by atoms with Crippen molar-refractivity contribution >= 4 is 6.09 Å². The molecular weight excluding hydrogens is 374 g/mol. The number of ether oxygens (including phenoxy) is 4. The molecule has 8 nitrogen and oxygen atoms in total. The van der Waals surface area contributed by atoms with Gasteiger partial charge in [-0.15, -0.1) is 0 Å². The van der Waals surface area contributed by atoms with E-state index in [1.807, 2.05) is 45.0 Å². The molecule has 0 spiro atoms. The van der Waals surface area contributed by atoms with Crippen molar-refractivity contribution in [2.75, 3.05) is 33.4 Å². The Morgan fingerprint density at radius 2 is 2.00 bits per heavy atom. The normalized spacial score (nSPS) is 14.6. The standard InChI is InChI=1S/C21H27N3O5/c1-21(2,3)29-20(25)24(4)8-9-26-18-14-22-13-17(23-18)15-6-5-7-16(12-15)19-27-10-11-28-19/h5-7,12-14,19H,8-11H2,1-4H3. The third-order valence-corrected chi connectivity index (χ3v) is 4.07. The molecule has 1 saturated heterocycles. The SMILES string of the molecule is CN(CCOc1cncc(-c2cccc(C3OCCO3)c2)n1)C(=O)OC(C)(C)C. The lowest BCUT2D eigenvalue weighted by molar-refractivity contribution is -0.0440. The minimum atomic E-state index is -0.533. The summed E-state index contributed by atoms with van der Waals surface area (Å²) in [6.45, 7) is 7.32. The molecule has 1 amide bonds. The van der Waals surface area contributed by atoms with E-state index in [4.69, 9.17) is 18.9 Å². The number of rotatable bonds is 6. The Morgan fingerprint density at radius 1 is 1.24 bits per heavy atom. The molecule has 8 heteroatoms. The number of benzene rings is 1. The van der Waals surface area contributed by atoms with Crippen LogP contribution in [0.4, 0.5) is 4.79 Å². The summed E-state index contributed by atoms with van der Waals surface area (Å²) in [5.74, 6) is 0.388. The molecule has 1 aliphatic heterocycles. The Bertz CT molecular complexity index is 831. The average molecular weight is 401 g/mol. The Hall–Kier alpha value is -2.71. The van der Waals surface area contributed by atoms with Crippen molar-refractivity contribution in [2.24, 2.45) is 0 Å². The molecule has 2 aromatic rings. The number of carbonyl (C=O) groups excluding carboxylic acids is 1. The van der Waals surface area contributed by atoms with E-state index in [9.17, 15) is 4.79 Å². The van der Waals surface area contributed by atoms with Crippen LogP contribution in [-0.2, 0) is 14.2 Å². The van der Waals surface area contributed by atoms with E-state index in [1.165, 1.54) is 4.90 Å². The zero-order valence-electron chi connectivity index (χ0n) is 17.3. The van der Waals surface area contributed by atoms with E-state index >= 15 is 0 Å². The van der Waals surface area contributed by atoms with E-state index in [1.54, 1.807) is 19.4 Å². The van der Waals surface area contributed by atoms with Gasteiger partial charge >= 0.3 is 6.09 Å². The maximum absolute atomic E-state index is 12.0. The van der Waals surface area contributed by atoms with Crippen molar-refractivity contribution in [3.63, 3.8) is 0 Å². The van der Waals surface area contributed by atoms with E-state index in [0.29, 0.717) is 31.3 Å². The molecule has 1 fully saturated rings. The second-order valence-electron chi connectivity index (χ2n) is 7.69. The average Bonchev–Trinajstić information content (AvgIpc) is 3.22. The van der Waals surface area contributed by atoms with Crippen molar-refractivity contribution in [3.8, 4) is 17.1 Å². The zero-order chi connectivity index (χ0) is 20.9. The number of hydrogen-bond acceptors (Lipinski definition) is 7. The molecule has 0 atom stereocenters. The highest BCUT2D eigenvalue weighted by Gasteiger charge is 2.20. The lowest BCUT2D eigenvalue weighted by Crippen LogP contribution is -2.36. The third-order valence-electron chi connectivity index (χ3n) is 4.07. The van der Waals surface area contributed by atoms with Gasteiger partial charge in [0.1, 0.15) is 12.2 Å². The van der Waals surface area contributed by atoms with Crippen LogP contribution < -0.4 is 4.74 Å². The molecule has 156 valence electrons. The smallest absolute Gasteiger partial charge is 0.410 e. The first-order valence-corrected chi connectivity index (χ1v) is 9.54. The predicted molar refractivity (Wildman–Crippen MR) is 106 cm³/mol. The summed E-state index contributed by atoms with van der Waals surface area (Å²) < 4.78 is 22.1. The van der Waals surface area contributed by atoms with Crippen molar-refractivity contribution in [1.82, 2.24) is 14.9 Å². The van der Waals surface area contributed by atoms with Crippen molar-refractivity contribution in [3.05, 3.63) is 42.2 Å². The first-order chi connectivity index (χ1) is 13.8. The van der Waals surface area contributed by atoms with Gasteiger partial charge in [0.25, 0.3) is 0 Å². The fourth-order valence-corrected chi connectivity index (χ4v) is 2.67. The Balaban J connectivity index is 1.59. The quantitative estimate of drug-likeness (QED) is 0.733. The monoisotopic (exact) mass is 401 g/mol. The van der Waals surface area contributed by atoms with Gasteiger partial charge in [0.15, 0.2) is 6.29 Å². The van der Waals surface area contributed by atoms with Gasteiger partial charge in [-0.1, -0.05) is 18.2 Å². The van der Waals surface area contributed by atoms with Gasteiger partial charge in [-0.05, 0) is 26.8 Å². The van der Waals surface area contributed by atoms with Gasteiger partial charge < -0.3 is 23.8 Å². The molecule has 1 aromatic carbocycles. The number of carbonyl (C=O) groups is 1. The van der Waals surface area contributed by atoms with Crippen molar-refractivity contribution in [2.45, 2.75) is 32.7 Å². The molecule has 0 saturated carbocycles. The van der Waals surface area contributed by atoms with E-state index in [0.717, 1.165) is 11.1 Å². The number of aromatic nitrogens is 2. The Morgan fingerprint density at radius 3 is 2.72 bits per heavy atom. The third kappa shape index (κ3) is 6.13. The summed E-state index contributed by atoms with van der Waals surface area (Å²) in [6, 6.07) is 7.81. The molecular formula is C21H27N3O5. The minimum absolute atomic E-state index is 0.275. The van der Waals surface area contributed by atoms with Crippen LogP contribution in [-0.4, -0.2) is 60.0 Å². The highest BCUT2D eigenvalue weighted by atomic mass is 16.7. The van der Waals surface area contributed by atoms with Crippen molar-refractivity contribution < 1.29 is 23.7 Å². The van der Waals surface area contributed by atoms with Gasteiger partial charge in [-0.25, -0.2) is 9.78 Å². The summed E-state index contributed by atoms with van der Waals surface area (Å²) in [7, 11) is 1.66. The van der Waals surface area contributed by atoms with E-state index in [2.05, 4.69) is 9.97 Å². The van der Waals surface area contributed by atoms with Crippen molar-refractivity contribution in [1.29, 1.82) is 0 Å². The highest BCUT2D eigenvalue weighted by molar-refractivity contribution is 5.67. The number of amides is 1. The molecule has 0 unspecified atom stereocenters.